The molecule has 18 heavy (non-hydrogen) atoms. The van der Waals surface area contributed by atoms with Gasteiger partial charge in [-0.1, -0.05) is 6.92 Å². The molecule has 0 radical (unpaired) electrons. The van der Waals surface area contributed by atoms with Crippen LogP contribution in [0.25, 0.3) is 10.9 Å². The Hall–Kier alpha value is -1.64. The van der Waals surface area contributed by atoms with Crippen LogP contribution in [0.2, 0.25) is 0 Å². The second kappa shape index (κ2) is 4.92. The van der Waals surface area contributed by atoms with Crippen molar-refractivity contribution in [2.75, 3.05) is 11.9 Å². The van der Waals surface area contributed by atoms with Gasteiger partial charge in [-0.15, -0.1) is 0 Å². The molecule has 2 nitrogen and oxygen atoms in total. The summed E-state index contributed by atoms with van der Waals surface area (Å²) in [5, 5.41) is 4.24. The third kappa shape index (κ3) is 2.05. The van der Waals surface area contributed by atoms with Gasteiger partial charge in [0.25, 0.3) is 0 Å². The van der Waals surface area contributed by atoms with Crippen molar-refractivity contribution in [3.63, 3.8) is 0 Å². The Balaban J connectivity index is 2.87. The molecule has 3 heteroatoms. The van der Waals surface area contributed by atoms with Crippen LogP contribution in [0.15, 0.2) is 12.1 Å². The average Bonchev–Trinajstić information content (AvgIpc) is 2.31. The van der Waals surface area contributed by atoms with Gasteiger partial charge in [-0.2, -0.15) is 0 Å². The van der Waals surface area contributed by atoms with Crippen LogP contribution in [-0.2, 0) is 6.42 Å². The van der Waals surface area contributed by atoms with E-state index in [2.05, 4.69) is 17.2 Å². The van der Waals surface area contributed by atoms with E-state index in [0.29, 0.717) is 5.52 Å². The maximum Gasteiger partial charge on any atom is 0.149 e. The van der Waals surface area contributed by atoms with Gasteiger partial charge in [0.05, 0.1) is 0 Å². The highest BCUT2D eigenvalue weighted by Gasteiger charge is 2.13. The molecular formula is C15H19FN2. The van der Waals surface area contributed by atoms with E-state index < -0.39 is 0 Å². The van der Waals surface area contributed by atoms with Gasteiger partial charge in [-0.3, -0.25) is 0 Å². The van der Waals surface area contributed by atoms with Gasteiger partial charge >= 0.3 is 0 Å². The Kier molecular flexibility index (Phi) is 3.50. The molecule has 1 aromatic heterocycles. The first-order chi connectivity index (χ1) is 8.58. The zero-order valence-corrected chi connectivity index (χ0v) is 11.4. The lowest BCUT2D eigenvalue weighted by Gasteiger charge is -2.16. The van der Waals surface area contributed by atoms with Crippen LogP contribution in [0, 0.1) is 19.7 Å². The van der Waals surface area contributed by atoms with Gasteiger partial charge in [-0.05, 0) is 50.5 Å². The summed E-state index contributed by atoms with van der Waals surface area (Å²) < 4.78 is 14.0. The summed E-state index contributed by atoms with van der Waals surface area (Å²) in [6.45, 7) is 8.82. The Bertz CT molecular complexity index is 591. The smallest absolute Gasteiger partial charge is 0.149 e. The summed E-state index contributed by atoms with van der Waals surface area (Å²) >= 11 is 0. The molecule has 0 aliphatic carbocycles. The van der Waals surface area contributed by atoms with Crippen LogP contribution in [0.3, 0.4) is 0 Å². The lowest BCUT2D eigenvalue weighted by molar-refractivity contribution is 0.635. The molecule has 0 amide bonds. The van der Waals surface area contributed by atoms with Crippen LogP contribution in [0.1, 0.15) is 30.7 Å². The number of anilines is 1. The number of halogens is 1. The number of nitrogens with one attached hydrogen (secondary N) is 1. The normalized spacial score (nSPS) is 10.9. The monoisotopic (exact) mass is 246 g/mol. The predicted octanol–water partition coefficient (Wildman–Crippen LogP) is 3.98. The zero-order chi connectivity index (χ0) is 13.3. The summed E-state index contributed by atoms with van der Waals surface area (Å²) in [5.74, 6) is -0.241. The van der Waals surface area contributed by atoms with E-state index in [1.807, 2.05) is 26.8 Å². The Morgan fingerprint density at radius 2 is 1.94 bits per heavy atom. The number of aromatic nitrogens is 1. The number of fused-ring (bicyclic) bond motifs is 1. The van der Waals surface area contributed by atoms with Gasteiger partial charge in [0.1, 0.15) is 11.3 Å². The van der Waals surface area contributed by atoms with E-state index in [0.717, 1.165) is 35.3 Å². The molecule has 2 aromatic rings. The van der Waals surface area contributed by atoms with Crippen LogP contribution in [-0.4, -0.2) is 11.5 Å². The summed E-state index contributed by atoms with van der Waals surface area (Å²) in [7, 11) is 0. The minimum Gasteiger partial charge on any atom is -0.384 e. The molecule has 0 saturated heterocycles. The number of hydrogen-bond donors (Lipinski definition) is 1. The maximum atomic E-state index is 14.0. The number of rotatable bonds is 3. The van der Waals surface area contributed by atoms with Gasteiger partial charge in [0.15, 0.2) is 0 Å². The SMILES string of the molecule is CCNc1c(CC)c(C)nc2c(F)cc(C)cc12. The van der Waals surface area contributed by atoms with Crippen molar-refractivity contribution in [2.24, 2.45) is 0 Å². The molecule has 0 aliphatic rings. The van der Waals surface area contributed by atoms with Gasteiger partial charge in [0, 0.05) is 23.3 Å². The molecule has 1 aromatic carbocycles. The number of aryl methyl sites for hydroxylation is 2. The molecule has 96 valence electrons. The molecule has 0 bridgehead atoms. The molecule has 0 fully saturated rings. The summed E-state index contributed by atoms with van der Waals surface area (Å²) in [5.41, 5.74) is 4.50. The van der Waals surface area contributed by atoms with E-state index in [1.54, 1.807) is 0 Å². The lowest BCUT2D eigenvalue weighted by atomic mass is 10.0. The van der Waals surface area contributed by atoms with E-state index in [9.17, 15) is 4.39 Å². The maximum absolute atomic E-state index is 14.0. The fourth-order valence-corrected chi connectivity index (χ4v) is 2.43. The number of pyridine rings is 1. The van der Waals surface area contributed by atoms with Crippen LogP contribution >= 0.6 is 0 Å². The lowest BCUT2D eigenvalue weighted by Crippen LogP contribution is -2.06. The quantitative estimate of drug-likeness (QED) is 0.886. The fraction of sp³-hybridized carbons (Fsp3) is 0.400. The number of hydrogen-bond acceptors (Lipinski definition) is 2. The summed E-state index contributed by atoms with van der Waals surface area (Å²) in [6, 6.07) is 3.54. The minimum atomic E-state index is -0.241. The molecule has 1 heterocycles. The topological polar surface area (TPSA) is 24.9 Å². The molecule has 0 aliphatic heterocycles. The predicted molar refractivity (Wildman–Crippen MR) is 74.7 cm³/mol. The summed E-state index contributed by atoms with van der Waals surface area (Å²) in [6.07, 6.45) is 0.896. The molecule has 0 unspecified atom stereocenters. The summed E-state index contributed by atoms with van der Waals surface area (Å²) in [4.78, 5) is 4.41. The van der Waals surface area contributed by atoms with Gasteiger partial charge in [0.2, 0.25) is 0 Å². The standard InChI is InChI=1S/C15H19FN2/c1-5-11-10(4)18-15-12(14(11)17-6-2)7-9(3)8-13(15)16/h7-8H,5-6H2,1-4H3,(H,17,18). The van der Waals surface area contributed by atoms with Crippen LogP contribution < -0.4 is 5.32 Å². The zero-order valence-electron chi connectivity index (χ0n) is 11.4. The molecule has 1 N–H and O–H groups in total. The molecule has 0 saturated carbocycles. The van der Waals surface area contributed by atoms with Crippen molar-refractivity contribution in [2.45, 2.75) is 34.1 Å². The fourth-order valence-electron chi connectivity index (χ4n) is 2.43. The minimum absolute atomic E-state index is 0.241. The molecule has 0 atom stereocenters. The van der Waals surface area contributed by atoms with Crippen LogP contribution in [0.5, 0.6) is 0 Å². The van der Waals surface area contributed by atoms with Gasteiger partial charge < -0.3 is 5.32 Å². The second-order valence-electron chi connectivity index (χ2n) is 4.58. The molecule has 2 rings (SSSR count). The van der Waals surface area contributed by atoms with Gasteiger partial charge in [-0.25, -0.2) is 9.37 Å². The Morgan fingerprint density at radius 3 is 2.56 bits per heavy atom. The highest BCUT2D eigenvalue weighted by atomic mass is 19.1. The molecule has 0 spiro atoms. The third-order valence-electron chi connectivity index (χ3n) is 3.20. The van der Waals surface area contributed by atoms with Crippen molar-refractivity contribution in [3.8, 4) is 0 Å². The first-order valence-corrected chi connectivity index (χ1v) is 6.41. The average molecular weight is 246 g/mol. The van der Waals surface area contributed by atoms with Crippen molar-refractivity contribution in [1.82, 2.24) is 4.98 Å². The van der Waals surface area contributed by atoms with Crippen molar-refractivity contribution in [3.05, 3.63) is 34.8 Å². The Labute approximate surface area is 107 Å². The van der Waals surface area contributed by atoms with E-state index in [1.165, 1.54) is 11.6 Å². The second-order valence-corrected chi connectivity index (χ2v) is 4.58. The molecular weight excluding hydrogens is 227 g/mol. The van der Waals surface area contributed by atoms with E-state index in [4.69, 9.17) is 0 Å². The van der Waals surface area contributed by atoms with Crippen LogP contribution in [0.4, 0.5) is 10.1 Å². The first-order valence-electron chi connectivity index (χ1n) is 6.41. The van der Waals surface area contributed by atoms with Crippen molar-refractivity contribution < 1.29 is 4.39 Å². The first kappa shape index (κ1) is 12.8. The Morgan fingerprint density at radius 1 is 1.22 bits per heavy atom. The largest absolute Gasteiger partial charge is 0.384 e. The van der Waals surface area contributed by atoms with Crippen molar-refractivity contribution >= 4 is 16.6 Å². The number of nitrogens with zero attached hydrogens (tertiary/aromatic N) is 1. The van der Waals surface area contributed by atoms with Crippen molar-refractivity contribution in [1.29, 1.82) is 0 Å². The number of benzene rings is 1. The van der Waals surface area contributed by atoms with E-state index >= 15 is 0 Å². The highest BCUT2D eigenvalue weighted by molar-refractivity contribution is 5.94. The third-order valence-corrected chi connectivity index (χ3v) is 3.20. The highest BCUT2D eigenvalue weighted by Crippen LogP contribution is 2.31. The van der Waals surface area contributed by atoms with E-state index in [-0.39, 0.29) is 5.82 Å².